The molecule has 2 aromatic heterocycles. The Morgan fingerprint density at radius 1 is 0.870 bits per heavy atom. The zero-order valence-corrected chi connectivity index (χ0v) is 43.8. The Labute approximate surface area is 410 Å². The van der Waals surface area contributed by atoms with Gasteiger partial charge in [-0.1, -0.05) is 111 Å². The van der Waals surface area contributed by atoms with Crippen LogP contribution in [-0.2, 0) is 23.8 Å². The van der Waals surface area contributed by atoms with E-state index >= 15 is 0 Å². The molecule has 15 heteroatoms. The van der Waals surface area contributed by atoms with Crippen LogP contribution in [0.25, 0.3) is 11.2 Å². The van der Waals surface area contributed by atoms with Gasteiger partial charge < -0.3 is 32.8 Å². The molecule has 0 saturated heterocycles. The Kier molecular flexibility index (Phi) is 16.5. The lowest BCUT2D eigenvalue weighted by Crippen LogP contribution is -2.49. The van der Waals surface area contributed by atoms with Crippen molar-refractivity contribution < 1.29 is 27.7 Å². The van der Waals surface area contributed by atoms with Gasteiger partial charge in [-0.2, -0.15) is 5.26 Å². The van der Waals surface area contributed by atoms with Crippen LogP contribution < -0.4 is 10.1 Å². The number of nitriles is 1. The van der Waals surface area contributed by atoms with Crippen LogP contribution in [0.4, 0.5) is 5.82 Å². The average molecular weight is 970 g/mol. The average Bonchev–Trinajstić information content (AvgIpc) is 3.91. The Morgan fingerprint density at radius 2 is 1.48 bits per heavy atom. The second-order valence-electron chi connectivity index (χ2n) is 19.8. The smallest absolute Gasteiger partial charge is 0.259 e. The van der Waals surface area contributed by atoms with Gasteiger partial charge in [0.2, 0.25) is 0 Å². The third-order valence-corrected chi connectivity index (χ3v) is 20.1. The number of hydrogen-bond donors (Lipinski definition) is 1. The molecule has 1 N–H and O–H groups in total. The first kappa shape index (κ1) is 51.5. The van der Waals surface area contributed by atoms with Gasteiger partial charge in [0.1, 0.15) is 17.7 Å². The number of anilines is 1. The van der Waals surface area contributed by atoms with Crippen LogP contribution in [0.3, 0.4) is 0 Å². The second-order valence-corrected chi connectivity index (χ2v) is 26.0. The largest absolute Gasteiger partial charge is 0.497 e. The van der Waals surface area contributed by atoms with Gasteiger partial charge in [0.25, 0.3) is 14.4 Å². The van der Waals surface area contributed by atoms with E-state index in [1.54, 1.807) is 25.6 Å². The molecule has 6 atom stereocenters. The van der Waals surface area contributed by atoms with E-state index in [2.05, 4.69) is 143 Å². The number of aromatic nitrogens is 4. The van der Waals surface area contributed by atoms with E-state index in [0.29, 0.717) is 29.0 Å². The van der Waals surface area contributed by atoms with Crippen molar-refractivity contribution in [2.24, 2.45) is 5.92 Å². The van der Waals surface area contributed by atoms with E-state index in [-0.39, 0.29) is 54.6 Å². The van der Waals surface area contributed by atoms with Crippen LogP contribution >= 0.6 is 8.53 Å². The van der Waals surface area contributed by atoms with Gasteiger partial charge in [-0.15, -0.1) is 0 Å². The monoisotopic (exact) mass is 969 g/mol. The number of carbonyl (C=O) groups is 1. The number of ether oxygens (including phenoxy) is 2. The summed E-state index contributed by atoms with van der Waals surface area (Å²) in [5.41, 5.74) is 4.47. The first-order chi connectivity index (χ1) is 33.0. The Bertz CT molecular complexity index is 2650. The van der Waals surface area contributed by atoms with Gasteiger partial charge in [0, 0.05) is 23.6 Å². The molecule has 7 rings (SSSR count). The van der Waals surface area contributed by atoms with E-state index < -0.39 is 34.7 Å². The van der Waals surface area contributed by atoms with Crippen molar-refractivity contribution in [3.05, 3.63) is 150 Å². The molecule has 0 aliphatic heterocycles. The molecule has 2 unspecified atom stereocenters. The lowest BCUT2D eigenvalue weighted by molar-refractivity contribution is -0.0430. The van der Waals surface area contributed by atoms with Gasteiger partial charge in [-0.3, -0.25) is 4.79 Å². The zero-order valence-electron chi connectivity index (χ0n) is 41.9. The van der Waals surface area contributed by atoms with Crippen molar-refractivity contribution in [1.29, 1.82) is 5.26 Å². The quantitative estimate of drug-likeness (QED) is 0.0338. The van der Waals surface area contributed by atoms with Crippen molar-refractivity contribution in [3.63, 3.8) is 0 Å². The minimum Gasteiger partial charge on any atom is -0.497 e. The molecule has 0 bridgehead atoms. The van der Waals surface area contributed by atoms with Crippen molar-refractivity contribution >= 4 is 39.7 Å². The number of methoxy groups -OCH3 is 1. The summed E-state index contributed by atoms with van der Waals surface area (Å²) in [6.45, 7) is 22.4. The first-order valence-electron chi connectivity index (χ1n) is 23.9. The predicted octanol–water partition coefficient (Wildman–Crippen LogP) is 12.0. The fourth-order valence-corrected chi connectivity index (χ4v) is 12.1. The number of benzene rings is 4. The second kappa shape index (κ2) is 22.2. The summed E-state index contributed by atoms with van der Waals surface area (Å²) < 4.78 is 39.6. The Morgan fingerprint density at radius 3 is 2.07 bits per heavy atom. The SMILES string of the molecule is COc1ccc(C(OC[C@H]2C[C@@H](n3cnc4c(NC(=O)c5ccccc5)ncnc43)[C@H](O[Si](C)(C)C(C)(C)C)[C@@H]2OP(OCCC#N)N(C(C)C)C(C)C)(c2ccccc2)c2ccc(C)cc2)cc1. The maximum atomic E-state index is 13.5. The third kappa shape index (κ3) is 11.3. The van der Waals surface area contributed by atoms with E-state index in [0.717, 1.165) is 28.0 Å². The van der Waals surface area contributed by atoms with Crippen LogP contribution in [0, 0.1) is 24.2 Å². The summed E-state index contributed by atoms with van der Waals surface area (Å²) in [7, 11) is -2.62. The summed E-state index contributed by atoms with van der Waals surface area (Å²) in [6, 6.07) is 38.1. The molecule has 6 aromatic rings. The Hall–Kier alpha value is -5.36. The number of fused-ring (bicyclic) bond motifs is 1. The molecule has 69 heavy (non-hydrogen) atoms. The van der Waals surface area contributed by atoms with Crippen molar-refractivity contribution in [1.82, 2.24) is 24.2 Å². The third-order valence-electron chi connectivity index (χ3n) is 13.5. The molecule has 1 fully saturated rings. The fraction of sp³-hybridized carbons (Fsp3) is 0.426. The number of carbonyl (C=O) groups excluding carboxylic acids is 1. The molecule has 364 valence electrons. The maximum Gasteiger partial charge on any atom is 0.259 e. The number of aryl methyl sites for hydroxylation is 1. The van der Waals surface area contributed by atoms with Crippen LogP contribution in [0.15, 0.2) is 122 Å². The molecule has 13 nitrogen and oxygen atoms in total. The molecule has 0 radical (unpaired) electrons. The number of amides is 1. The van der Waals surface area contributed by atoms with Crippen LogP contribution in [0.5, 0.6) is 5.75 Å². The number of nitrogens with one attached hydrogen (secondary N) is 1. The molecule has 4 aromatic carbocycles. The van der Waals surface area contributed by atoms with Crippen molar-refractivity contribution in [3.8, 4) is 11.8 Å². The fourth-order valence-electron chi connectivity index (χ4n) is 8.93. The first-order valence-corrected chi connectivity index (χ1v) is 27.9. The minimum absolute atomic E-state index is 0.0611. The lowest BCUT2D eigenvalue weighted by atomic mass is 9.79. The maximum absolute atomic E-state index is 13.5. The molecular weight excluding hydrogens is 902 g/mol. The number of imidazole rings is 1. The van der Waals surface area contributed by atoms with E-state index in [9.17, 15) is 10.1 Å². The van der Waals surface area contributed by atoms with E-state index in [1.807, 2.05) is 48.5 Å². The van der Waals surface area contributed by atoms with Gasteiger partial charge >= 0.3 is 0 Å². The Balaban J connectivity index is 1.40. The highest BCUT2D eigenvalue weighted by Gasteiger charge is 2.53. The molecule has 2 heterocycles. The van der Waals surface area contributed by atoms with Gasteiger partial charge in [-0.25, -0.2) is 19.6 Å². The van der Waals surface area contributed by atoms with E-state index in [1.165, 1.54) is 6.33 Å². The highest BCUT2D eigenvalue weighted by molar-refractivity contribution is 7.44. The molecule has 0 spiro atoms. The normalized spacial score (nSPS) is 18.9. The number of rotatable bonds is 20. The lowest BCUT2D eigenvalue weighted by Gasteiger charge is -2.43. The van der Waals surface area contributed by atoms with Gasteiger partial charge in [0.15, 0.2) is 25.3 Å². The summed E-state index contributed by atoms with van der Waals surface area (Å²) in [6.07, 6.45) is 2.91. The molecule has 1 amide bonds. The standard InChI is InChI=1S/C54H68N7O6PSi/c1-37(2)61(38(3)4)68(65-32-18-31-55)66-48-41(34-64-54(42-21-16-13-17-22-42,43-25-23-39(5)24-26-43)44-27-29-45(63-9)30-28-44)33-46(49(48)67-69(10,11)53(6,7)8)60-36-58-47-50(56-35-57-51(47)60)59-52(62)40-19-14-12-15-20-40/h12-17,19-30,35-38,41,46,48-49H,18,32-34H2,1-11H3,(H,56,57,59,62)/t41-,46-,48-,49+,54?,68?/m1/s1. The molecule has 1 aliphatic rings. The molecular formula is C54H68N7O6PSi. The number of hydrogen-bond acceptors (Lipinski definition) is 11. The van der Waals surface area contributed by atoms with Gasteiger partial charge in [0.05, 0.1) is 57.4 Å². The molecule has 1 saturated carbocycles. The highest BCUT2D eigenvalue weighted by Crippen LogP contribution is 2.54. The predicted molar refractivity (Wildman–Crippen MR) is 275 cm³/mol. The minimum atomic E-state index is -2.56. The van der Waals surface area contributed by atoms with E-state index in [4.69, 9.17) is 32.9 Å². The van der Waals surface area contributed by atoms with Crippen LogP contribution in [0.2, 0.25) is 18.1 Å². The summed E-state index contributed by atoms with van der Waals surface area (Å²) in [5.74, 6) is 0.474. The molecule has 1 aliphatic carbocycles. The van der Waals surface area contributed by atoms with Crippen molar-refractivity contribution in [2.75, 3.05) is 25.6 Å². The number of nitrogens with zero attached hydrogens (tertiary/aromatic N) is 6. The van der Waals surface area contributed by atoms with Crippen LogP contribution in [0.1, 0.15) is 100.0 Å². The summed E-state index contributed by atoms with van der Waals surface area (Å²) in [5, 5.41) is 12.5. The van der Waals surface area contributed by atoms with Gasteiger partial charge in [-0.05, 0) is 100 Å². The summed E-state index contributed by atoms with van der Waals surface area (Å²) in [4.78, 5) is 27.7. The van der Waals surface area contributed by atoms with Crippen LogP contribution in [-0.4, -0.2) is 83.0 Å². The van der Waals surface area contributed by atoms with Crippen molar-refractivity contribution in [2.45, 2.75) is 122 Å². The zero-order chi connectivity index (χ0) is 49.5. The topological polar surface area (TPSA) is 146 Å². The summed E-state index contributed by atoms with van der Waals surface area (Å²) >= 11 is 0. The highest BCUT2D eigenvalue weighted by atomic mass is 31.2.